The van der Waals surface area contributed by atoms with Crippen molar-refractivity contribution in [2.75, 3.05) is 20.6 Å². The Labute approximate surface area is 165 Å². The second-order valence-electron chi connectivity index (χ2n) is 7.05. The molecule has 0 fully saturated rings. The maximum Gasteiger partial charge on any atom is 0.226 e. The first-order chi connectivity index (χ1) is 13.5. The number of aromatic nitrogens is 1. The van der Waals surface area contributed by atoms with Crippen LogP contribution in [-0.4, -0.2) is 36.4 Å². The zero-order chi connectivity index (χ0) is 20.1. The lowest BCUT2D eigenvalue weighted by Crippen LogP contribution is -2.35. The molecule has 1 atom stereocenters. The van der Waals surface area contributed by atoms with Gasteiger partial charge < -0.3 is 14.2 Å². The van der Waals surface area contributed by atoms with E-state index >= 15 is 0 Å². The van der Waals surface area contributed by atoms with Gasteiger partial charge in [0.05, 0.1) is 24.4 Å². The van der Waals surface area contributed by atoms with Gasteiger partial charge in [-0.1, -0.05) is 19.1 Å². The average molecular weight is 381 g/mol. The van der Waals surface area contributed by atoms with Crippen molar-refractivity contribution in [3.8, 4) is 11.5 Å². The summed E-state index contributed by atoms with van der Waals surface area (Å²) >= 11 is 0. The third kappa shape index (κ3) is 4.70. The molecular weight excluding hydrogens is 354 g/mol. The SMILES string of the molecule is CCc1ccc(-c2nc(CC(=O)NCC(c3ccco3)N(C)C)c(C)o2)cc1. The minimum absolute atomic E-state index is 0.0232. The van der Waals surface area contributed by atoms with Crippen LogP contribution in [0.4, 0.5) is 0 Å². The predicted octanol–water partition coefficient (Wildman–Crippen LogP) is 3.77. The van der Waals surface area contributed by atoms with Crippen molar-refractivity contribution in [1.29, 1.82) is 0 Å². The molecule has 1 N–H and O–H groups in total. The van der Waals surface area contributed by atoms with Crippen LogP contribution in [0.15, 0.2) is 51.5 Å². The van der Waals surface area contributed by atoms with Crippen LogP contribution in [0, 0.1) is 6.92 Å². The molecule has 2 heterocycles. The lowest BCUT2D eigenvalue weighted by atomic mass is 10.1. The average Bonchev–Trinajstić information content (AvgIpc) is 3.32. The molecule has 0 bridgehead atoms. The van der Waals surface area contributed by atoms with Gasteiger partial charge in [0.1, 0.15) is 11.5 Å². The summed E-state index contributed by atoms with van der Waals surface area (Å²) in [6.45, 7) is 4.42. The maximum absolute atomic E-state index is 12.4. The van der Waals surface area contributed by atoms with Crippen LogP contribution in [0.5, 0.6) is 0 Å². The first kappa shape index (κ1) is 19.9. The van der Waals surface area contributed by atoms with E-state index in [4.69, 9.17) is 8.83 Å². The van der Waals surface area contributed by atoms with E-state index in [-0.39, 0.29) is 18.4 Å². The van der Waals surface area contributed by atoms with Crippen LogP contribution in [0.3, 0.4) is 0 Å². The van der Waals surface area contributed by atoms with Gasteiger partial charge in [0.25, 0.3) is 0 Å². The molecular formula is C22H27N3O3. The molecule has 0 aliphatic heterocycles. The summed E-state index contributed by atoms with van der Waals surface area (Å²) in [5.74, 6) is 1.94. The van der Waals surface area contributed by atoms with Gasteiger partial charge in [-0.25, -0.2) is 4.98 Å². The van der Waals surface area contributed by atoms with Gasteiger partial charge in [-0.15, -0.1) is 0 Å². The molecule has 1 aromatic carbocycles. The summed E-state index contributed by atoms with van der Waals surface area (Å²) in [6.07, 6.45) is 2.81. The number of benzene rings is 1. The number of hydrogen-bond acceptors (Lipinski definition) is 5. The Kier molecular flexibility index (Phi) is 6.31. The molecule has 0 saturated carbocycles. The lowest BCUT2D eigenvalue weighted by Gasteiger charge is -2.22. The first-order valence-electron chi connectivity index (χ1n) is 9.50. The highest BCUT2D eigenvalue weighted by molar-refractivity contribution is 5.78. The van der Waals surface area contributed by atoms with E-state index in [1.165, 1.54) is 5.56 Å². The molecule has 0 saturated heterocycles. The number of carbonyl (C=O) groups is 1. The zero-order valence-corrected chi connectivity index (χ0v) is 16.9. The number of carbonyl (C=O) groups excluding carboxylic acids is 1. The van der Waals surface area contributed by atoms with E-state index in [0.29, 0.717) is 23.9 Å². The quantitative estimate of drug-likeness (QED) is 0.643. The topological polar surface area (TPSA) is 71.5 Å². The summed E-state index contributed by atoms with van der Waals surface area (Å²) in [7, 11) is 3.91. The van der Waals surface area contributed by atoms with E-state index in [1.807, 2.05) is 50.2 Å². The van der Waals surface area contributed by atoms with E-state index in [1.54, 1.807) is 6.26 Å². The van der Waals surface area contributed by atoms with E-state index < -0.39 is 0 Å². The number of nitrogens with zero attached hydrogens (tertiary/aromatic N) is 2. The van der Waals surface area contributed by atoms with Crippen molar-refractivity contribution in [2.24, 2.45) is 0 Å². The number of oxazole rings is 1. The highest BCUT2D eigenvalue weighted by Crippen LogP contribution is 2.23. The fourth-order valence-electron chi connectivity index (χ4n) is 3.04. The highest BCUT2D eigenvalue weighted by Gasteiger charge is 2.19. The van der Waals surface area contributed by atoms with Gasteiger partial charge in [-0.2, -0.15) is 0 Å². The fourth-order valence-corrected chi connectivity index (χ4v) is 3.04. The van der Waals surface area contributed by atoms with Crippen LogP contribution in [-0.2, 0) is 17.6 Å². The largest absolute Gasteiger partial charge is 0.468 e. The summed E-state index contributed by atoms with van der Waals surface area (Å²) < 4.78 is 11.3. The number of hydrogen-bond donors (Lipinski definition) is 1. The van der Waals surface area contributed by atoms with Crippen molar-refractivity contribution in [1.82, 2.24) is 15.2 Å². The number of rotatable bonds is 8. The molecule has 28 heavy (non-hydrogen) atoms. The van der Waals surface area contributed by atoms with Crippen molar-refractivity contribution in [3.05, 3.63) is 65.4 Å². The third-order valence-corrected chi connectivity index (χ3v) is 4.82. The number of nitrogens with one attached hydrogen (secondary N) is 1. The Hall–Kier alpha value is -2.86. The van der Waals surface area contributed by atoms with Crippen molar-refractivity contribution in [2.45, 2.75) is 32.7 Å². The third-order valence-electron chi connectivity index (χ3n) is 4.82. The molecule has 0 aliphatic rings. The molecule has 2 aromatic heterocycles. The standard InChI is InChI=1S/C22H27N3O3/c1-5-16-8-10-17(11-9-16)22-24-18(15(2)28-22)13-21(26)23-14-19(25(3)4)20-7-6-12-27-20/h6-12,19H,5,13-14H2,1-4H3,(H,23,26). The van der Waals surface area contributed by atoms with Crippen LogP contribution in [0.2, 0.25) is 0 Å². The highest BCUT2D eigenvalue weighted by atomic mass is 16.4. The van der Waals surface area contributed by atoms with Crippen molar-refractivity contribution < 1.29 is 13.6 Å². The summed E-state index contributed by atoms with van der Waals surface area (Å²) in [4.78, 5) is 19.0. The Morgan fingerprint density at radius 2 is 1.96 bits per heavy atom. The molecule has 0 radical (unpaired) electrons. The minimum Gasteiger partial charge on any atom is -0.468 e. The van der Waals surface area contributed by atoms with Crippen LogP contribution < -0.4 is 5.32 Å². The van der Waals surface area contributed by atoms with Crippen molar-refractivity contribution in [3.63, 3.8) is 0 Å². The Bertz CT molecular complexity index is 896. The first-order valence-corrected chi connectivity index (χ1v) is 9.50. The van der Waals surface area contributed by atoms with Crippen LogP contribution >= 0.6 is 0 Å². The summed E-state index contributed by atoms with van der Waals surface area (Å²) in [5, 5.41) is 2.97. The molecule has 6 nitrogen and oxygen atoms in total. The lowest BCUT2D eigenvalue weighted by molar-refractivity contribution is -0.120. The Morgan fingerprint density at radius 1 is 1.21 bits per heavy atom. The monoisotopic (exact) mass is 381 g/mol. The van der Waals surface area contributed by atoms with Crippen molar-refractivity contribution >= 4 is 5.91 Å². The van der Waals surface area contributed by atoms with Gasteiger partial charge in [0.2, 0.25) is 11.8 Å². The minimum atomic E-state index is -0.0947. The molecule has 148 valence electrons. The summed E-state index contributed by atoms with van der Waals surface area (Å²) in [5.41, 5.74) is 2.84. The fraction of sp³-hybridized carbons (Fsp3) is 0.364. The van der Waals surface area contributed by atoms with Gasteiger partial charge >= 0.3 is 0 Å². The normalized spacial score (nSPS) is 12.3. The van der Waals surface area contributed by atoms with Gasteiger partial charge in [0, 0.05) is 12.1 Å². The van der Waals surface area contributed by atoms with E-state index in [2.05, 4.69) is 29.4 Å². The second-order valence-corrected chi connectivity index (χ2v) is 7.05. The van der Waals surface area contributed by atoms with Crippen LogP contribution in [0.1, 0.15) is 35.7 Å². The van der Waals surface area contributed by atoms with Gasteiger partial charge in [-0.05, 0) is 57.3 Å². The molecule has 3 aromatic rings. The number of furan rings is 1. The molecule has 6 heteroatoms. The zero-order valence-electron chi connectivity index (χ0n) is 16.9. The number of amides is 1. The van der Waals surface area contributed by atoms with E-state index in [0.717, 1.165) is 17.7 Å². The molecule has 1 unspecified atom stereocenters. The molecule has 0 aliphatic carbocycles. The molecule has 0 spiro atoms. The predicted molar refractivity (Wildman–Crippen MR) is 108 cm³/mol. The van der Waals surface area contributed by atoms with E-state index in [9.17, 15) is 4.79 Å². The Balaban J connectivity index is 1.63. The molecule has 1 amide bonds. The Morgan fingerprint density at radius 3 is 2.57 bits per heavy atom. The smallest absolute Gasteiger partial charge is 0.226 e. The number of likely N-dealkylation sites (N-methyl/N-ethyl adjacent to an activating group) is 1. The van der Waals surface area contributed by atoms with Gasteiger partial charge in [-0.3, -0.25) is 9.69 Å². The maximum atomic E-state index is 12.4. The second kappa shape index (κ2) is 8.89. The van der Waals surface area contributed by atoms with Crippen LogP contribution in [0.25, 0.3) is 11.5 Å². The molecule has 3 rings (SSSR count). The summed E-state index contributed by atoms with van der Waals surface area (Å²) in [6, 6.07) is 11.9. The number of aryl methyl sites for hydroxylation is 2. The van der Waals surface area contributed by atoms with Gasteiger partial charge in [0.15, 0.2) is 0 Å².